The fourth-order valence-electron chi connectivity index (χ4n) is 4.61. The SMILES string of the molecule is C=CC(=O)Nc1cc(N2CCN(CC)CC2)ccc1Nc1cc(N(C)C(=O)NC2=CC(OC)=CC(OC)C2)ncn1. The number of aromatic nitrogens is 2. The van der Waals surface area contributed by atoms with E-state index in [4.69, 9.17) is 9.47 Å². The van der Waals surface area contributed by atoms with Crippen molar-refractivity contribution in [3.05, 3.63) is 66.9 Å². The van der Waals surface area contributed by atoms with Crippen molar-refractivity contribution < 1.29 is 19.1 Å². The molecule has 1 aromatic heterocycles. The zero-order valence-electron chi connectivity index (χ0n) is 24.0. The lowest BCUT2D eigenvalue weighted by molar-refractivity contribution is -0.111. The minimum absolute atomic E-state index is 0.200. The van der Waals surface area contributed by atoms with Crippen LogP contribution in [0.1, 0.15) is 13.3 Å². The van der Waals surface area contributed by atoms with Crippen molar-refractivity contribution in [2.24, 2.45) is 0 Å². The molecule has 12 heteroatoms. The van der Waals surface area contributed by atoms with Gasteiger partial charge in [0.25, 0.3) is 0 Å². The lowest BCUT2D eigenvalue weighted by Crippen LogP contribution is -2.46. The number of carbonyl (C=O) groups is 2. The zero-order valence-corrected chi connectivity index (χ0v) is 24.0. The minimum Gasteiger partial charge on any atom is -0.497 e. The summed E-state index contributed by atoms with van der Waals surface area (Å²) < 4.78 is 10.7. The van der Waals surface area contributed by atoms with Gasteiger partial charge in [-0.05, 0) is 43.0 Å². The maximum absolute atomic E-state index is 13.0. The molecule has 1 aromatic carbocycles. The van der Waals surface area contributed by atoms with Crippen molar-refractivity contribution in [1.29, 1.82) is 0 Å². The Kier molecular flexibility index (Phi) is 9.93. The number of ether oxygens (including phenoxy) is 2. The van der Waals surface area contributed by atoms with Crippen LogP contribution in [0.15, 0.2) is 66.9 Å². The number of carbonyl (C=O) groups excluding carboxylic acids is 2. The predicted octanol–water partition coefficient (Wildman–Crippen LogP) is 3.47. The summed E-state index contributed by atoms with van der Waals surface area (Å²) in [6, 6.07) is 7.15. The van der Waals surface area contributed by atoms with E-state index in [1.54, 1.807) is 33.4 Å². The second-order valence-electron chi connectivity index (χ2n) is 9.64. The molecule has 1 fully saturated rings. The van der Waals surface area contributed by atoms with Gasteiger partial charge in [-0.1, -0.05) is 13.5 Å². The van der Waals surface area contributed by atoms with Crippen molar-refractivity contribution in [2.75, 3.05) is 74.4 Å². The van der Waals surface area contributed by atoms with E-state index >= 15 is 0 Å². The van der Waals surface area contributed by atoms with E-state index in [1.165, 1.54) is 17.3 Å². The predicted molar refractivity (Wildman–Crippen MR) is 160 cm³/mol. The van der Waals surface area contributed by atoms with Gasteiger partial charge in [0.15, 0.2) is 0 Å². The van der Waals surface area contributed by atoms with Gasteiger partial charge >= 0.3 is 6.03 Å². The number of rotatable bonds is 10. The number of allylic oxidation sites excluding steroid dienone is 1. The van der Waals surface area contributed by atoms with Crippen molar-refractivity contribution in [3.63, 3.8) is 0 Å². The van der Waals surface area contributed by atoms with Gasteiger partial charge in [0.2, 0.25) is 5.91 Å². The van der Waals surface area contributed by atoms with Crippen LogP contribution >= 0.6 is 0 Å². The summed E-state index contributed by atoms with van der Waals surface area (Å²) in [4.78, 5) is 40.0. The van der Waals surface area contributed by atoms with Crippen molar-refractivity contribution in [2.45, 2.75) is 19.4 Å². The van der Waals surface area contributed by atoms with Gasteiger partial charge in [-0.15, -0.1) is 0 Å². The number of benzene rings is 1. The fraction of sp³-hybridized carbons (Fsp3) is 0.379. The number of piperazine rings is 1. The number of hydrogen-bond acceptors (Lipinski definition) is 9. The van der Waals surface area contributed by atoms with Crippen LogP contribution in [0.4, 0.5) is 33.5 Å². The standard InChI is InChI=1S/C29H38N8O4/c1-6-28(38)34-25-16-21(37-12-10-36(7-2)11-13-37)8-9-24(25)33-26-18-27(31-19-30-26)35(3)29(39)32-20-14-22(40-4)17-23(15-20)41-5/h6,8-9,14,16-19,23H,1,7,10-13,15H2,2-5H3,(H,32,39)(H,34,38)(H,30,31,33). The van der Waals surface area contributed by atoms with Crippen LogP contribution in [0.2, 0.25) is 0 Å². The highest BCUT2D eigenvalue weighted by atomic mass is 16.5. The molecule has 4 rings (SSSR count). The smallest absolute Gasteiger partial charge is 0.326 e. The van der Waals surface area contributed by atoms with Gasteiger partial charge in [-0.3, -0.25) is 9.69 Å². The number of methoxy groups -OCH3 is 2. The number of urea groups is 1. The van der Waals surface area contributed by atoms with Crippen molar-refractivity contribution in [3.8, 4) is 0 Å². The normalized spacial score (nSPS) is 17.2. The number of nitrogens with zero attached hydrogens (tertiary/aromatic N) is 5. The third kappa shape index (κ3) is 7.62. The molecule has 1 aliphatic carbocycles. The second kappa shape index (κ2) is 13.8. The second-order valence-corrected chi connectivity index (χ2v) is 9.64. The molecule has 1 aliphatic heterocycles. The highest BCUT2D eigenvalue weighted by Crippen LogP contribution is 2.31. The number of hydrogen-bond donors (Lipinski definition) is 3. The first-order valence-corrected chi connectivity index (χ1v) is 13.5. The molecule has 0 bridgehead atoms. The number of amides is 3. The van der Waals surface area contributed by atoms with Gasteiger partial charge in [-0.25, -0.2) is 14.8 Å². The molecule has 1 atom stereocenters. The fourth-order valence-corrected chi connectivity index (χ4v) is 4.61. The topological polar surface area (TPSA) is 124 Å². The Morgan fingerprint density at radius 3 is 2.59 bits per heavy atom. The van der Waals surface area contributed by atoms with E-state index in [9.17, 15) is 9.59 Å². The monoisotopic (exact) mass is 562 g/mol. The molecule has 2 heterocycles. The molecule has 218 valence electrons. The minimum atomic E-state index is -0.375. The number of nitrogens with one attached hydrogen (secondary N) is 3. The van der Waals surface area contributed by atoms with Gasteiger partial charge in [0.05, 0.1) is 24.6 Å². The molecular weight excluding hydrogens is 524 g/mol. The molecule has 1 saturated heterocycles. The van der Waals surface area contributed by atoms with Crippen LogP contribution in [0.3, 0.4) is 0 Å². The summed E-state index contributed by atoms with van der Waals surface area (Å²) in [7, 11) is 4.79. The first-order valence-electron chi connectivity index (χ1n) is 13.5. The molecule has 2 aliphatic rings. The van der Waals surface area contributed by atoms with Crippen LogP contribution in [-0.2, 0) is 14.3 Å². The van der Waals surface area contributed by atoms with Crippen LogP contribution in [0, 0.1) is 0 Å². The van der Waals surface area contributed by atoms with Crippen molar-refractivity contribution >= 4 is 40.6 Å². The summed E-state index contributed by atoms with van der Waals surface area (Å²) in [6.07, 6.45) is 6.52. The highest BCUT2D eigenvalue weighted by molar-refractivity contribution is 6.02. The summed E-state index contributed by atoms with van der Waals surface area (Å²) in [5.74, 6) is 1.13. The molecule has 12 nitrogen and oxygen atoms in total. The van der Waals surface area contributed by atoms with Crippen LogP contribution in [0.5, 0.6) is 0 Å². The summed E-state index contributed by atoms with van der Waals surface area (Å²) in [5.41, 5.74) is 2.92. The first kappa shape index (κ1) is 29.6. The summed E-state index contributed by atoms with van der Waals surface area (Å²) in [5, 5.41) is 9.04. The number of likely N-dealkylation sites (N-methyl/N-ethyl adjacent to an activating group) is 1. The Labute approximate surface area is 240 Å². The molecule has 1 unspecified atom stereocenters. The average Bonchev–Trinajstić information content (AvgIpc) is 3.01. The van der Waals surface area contributed by atoms with Crippen LogP contribution in [-0.4, -0.2) is 86.9 Å². The van der Waals surface area contributed by atoms with Gasteiger partial charge in [-0.2, -0.15) is 0 Å². The van der Waals surface area contributed by atoms with E-state index in [0.29, 0.717) is 40.9 Å². The molecule has 0 spiro atoms. The zero-order chi connectivity index (χ0) is 29.4. The Balaban J connectivity index is 1.49. The lowest BCUT2D eigenvalue weighted by Gasteiger charge is -2.35. The van der Waals surface area contributed by atoms with Gasteiger partial charge in [0.1, 0.15) is 23.7 Å². The summed E-state index contributed by atoms with van der Waals surface area (Å²) >= 11 is 0. The Morgan fingerprint density at radius 1 is 1.12 bits per heavy atom. The molecular formula is C29H38N8O4. The van der Waals surface area contributed by atoms with Gasteiger partial charge in [0, 0.05) is 64.2 Å². The van der Waals surface area contributed by atoms with E-state index < -0.39 is 0 Å². The molecule has 0 radical (unpaired) electrons. The lowest BCUT2D eigenvalue weighted by atomic mass is 10.1. The Morgan fingerprint density at radius 2 is 1.90 bits per heavy atom. The molecule has 3 N–H and O–H groups in total. The van der Waals surface area contributed by atoms with Gasteiger partial charge < -0.3 is 35.2 Å². The van der Waals surface area contributed by atoms with Crippen LogP contribution < -0.4 is 25.8 Å². The third-order valence-corrected chi connectivity index (χ3v) is 7.09. The first-order chi connectivity index (χ1) is 19.8. The largest absolute Gasteiger partial charge is 0.497 e. The maximum Gasteiger partial charge on any atom is 0.326 e. The number of anilines is 5. The highest BCUT2D eigenvalue weighted by Gasteiger charge is 2.21. The van der Waals surface area contributed by atoms with E-state index in [-0.39, 0.29) is 18.0 Å². The quantitative estimate of drug-likeness (QED) is 0.374. The van der Waals surface area contributed by atoms with E-state index in [1.807, 2.05) is 24.3 Å². The van der Waals surface area contributed by atoms with Crippen LogP contribution in [0.25, 0.3) is 0 Å². The Bertz CT molecular complexity index is 1320. The maximum atomic E-state index is 13.0. The van der Waals surface area contributed by atoms with E-state index in [0.717, 1.165) is 38.4 Å². The Hall–Kier alpha value is -4.42. The molecule has 2 aromatic rings. The van der Waals surface area contributed by atoms with Crippen molar-refractivity contribution in [1.82, 2.24) is 20.2 Å². The van der Waals surface area contributed by atoms with E-state index in [2.05, 4.69) is 49.2 Å². The molecule has 41 heavy (non-hydrogen) atoms. The summed E-state index contributed by atoms with van der Waals surface area (Å²) in [6.45, 7) is 10.6. The third-order valence-electron chi connectivity index (χ3n) is 7.09. The molecule has 0 saturated carbocycles. The molecule has 3 amide bonds. The average molecular weight is 563 g/mol.